The van der Waals surface area contributed by atoms with Gasteiger partial charge in [-0.25, -0.2) is 4.39 Å². The van der Waals surface area contributed by atoms with E-state index in [1.165, 1.54) is 23.1 Å². The van der Waals surface area contributed by atoms with Crippen LogP contribution in [-0.2, 0) is 4.79 Å². The lowest BCUT2D eigenvalue weighted by molar-refractivity contribution is -0.132. The fourth-order valence-corrected chi connectivity index (χ4v) is 4.51. The van der Waals surface area contributed by atoms with E-state index >= 15 is 0 Å². The van der Waals surface area contributed by atoms with Crippen LogP contribution in [0.5, 0.6) is 11.5 Å². The van der Waals surface area contributed by atoms with Crippen molar-refractivity contribution in [3.8, 4) is 22.8 Å². The lowest BCUT2D eigenvalue weighted by Gasteiger charge is -2.37. The Morgan fingerprint density at radius 2 is 1.72 bits per heavy atom. The summed E-state index contributed by atoms with van der Waals surface area (Å²) < 4.78 is 24.4. The Morgan fingerprint density at radius 3 is 2.33 bits per heavy atom. The summed E-state index contributed by atoms with van der Waals surface area (Å²) in [5.41, 5.74) is 1.81. The number of carbonyl (C=O) groups excluding carboxylic acids is 2. The van der Waals surface area contributed by atoms with E-state index in [0.717, 1.165) is 11.4 Å². The number of hydrogen-bond acceptors (Lipinski definition) is 7. The van der Waals surface area contributed by atoms with Crippen LogP contribution in [0.3, 0.4) is 0 Å². The number of ether oxygens (including phenoxy) is 2. The van der Waals surface area contributed by atoms with Gasteiger partial charge in [-0.3, -0.25) is 9.59 Å². The largest absolute Gasteiger partial charge is 0.493 e. The SMILES string of the molecule is CC[C@H](C)N(CC(=O)N1CCN(c2ccc(-c3ccc(OC)c(OC)c3)nn2)CC1)C(=O)c1cccc(F)c1. The molecule has 0 spiro atoms. The van der Waals surface area contributed by atoms with Gasteiger partial charge >= 0.3 is 0 Å². The molecule has 1 atom stereocenters. The summed E-state index contributed by atoms with van der Waals surface area (Å²) in [6.07, 6.45) is 0.681. The number of rotatable bonds is 9. The summed E-state index contributed by atoms with van der Waals surface area (Å²) in [6, 6.07) is 14.8. The number of benzene rings is 2. The third kappa shape index (κ3) is 6.45. The quantitative estimate of drug-likeness (QED) is 0.411. The molecule has 1 aliphatic rings. The normalized spacial score (nSPS) is 14.1. The van der Waals surface area contributed by atoms with Crippen molar-refractivity contribution in [1.29, 1.82) is 0 Å². The maximum atomic E-state index is 13.7. The Bertz CT molecular complexity index is 1300. The zero-order valence-corrected chi connectivity index (χ0v) is 22.8. The standard InChI is InChI=1S/C29H34FN5O4/c1-5-20(2)35(29(37)22-7-6-8-23(30)17-22)19-28(36)34-15-13-33(14-16-34)27-12-10-24(31-32-27)21-9-11-25(38-3)26(18-21)39-4/h6-12,17-18,20H,5,13-16,19H2,1-4H3/t20-/m0/s1. The second-order valence-corrected chi connectivity index (χ2v) is 9.42. The molecule has 0 bridgehead atoms. The number of anilines is 1. The highest BCUT2D eigenvalue weighted by Crippen LogP contribution is 2.31. The summed E-state index contributed by atoms with van der Waals surface area (Å²) >= 11 is 0. The molecule has 206 valence electrons. The van der Waals surface area contributed by atoms with Crippen molar-refractivity contribution in [2.24, 2.45) is 0 Å². The van der Waals surface area contributed by atoms with Crippen LogP contribution in [-0.4, -0.2) is 84.8 Å². The van der Waals surface area contributed by atoms with Crippen molar-refractivity contribution in [2.45, 2.75) is 26.3 Å². The van der Waals surface area contributed by atoms with Crippen LogP contribution < -0.4 is 14.4 Å². The maximum absolute atomic E-state index is 13.7. The van der Waals surface area contributed by atoms with E-state index in [1.54, 1.807) is 25.2 Å². The van der Waals surface area contributed by atoms with Crippen LogP contribution in [0.15, 0.2) is 54.6 Å². The zero-order valence-electron chi connectivity index (χ0n) is 22.8. The molecule has 3 aromatic rings. The van der Waals surface area contributed by atoms with Crippen LogP contribution in [0.2, 0.25) is 0 Å². The molecule has 1 aliphatic heterocycles. The summed E-state index contributed by atoms with van der Waals surface area (Å²) in [5, 5.41) is 8.80. The van der Waals surface area contributed by atoms with Crippen LogP contribution in [0.25, 0.3) is 11.3 Å². The topological polar surface area (TPSA) is 88.1 Å². The van der Waals surface area contributed by atoms with Crippen LogP contribution in [0.4, 0.5) is 10.2 Å². The second-order valence-electron chi connectivity index (χ2n) is 9.42. The third-order valence-electron chi connectivity index (χ3n) is 7.05. The first kappa shape index (κ1) is 27.8. The van der Waals surface area contributed by atoms with Gasteiger partial charge in [0.2, 0.25) is 5.91 Å². The van der Waals surface area contributed by atoms with E-state index in [1.807, 2.05) is 44.2 Å². The van der Waals surface area contributed by atoms with Gasteiger partial charge in [0, 0.05) is 43.3 Å². The van der Waals surface area contributed by atoms with E-state index < -0.39 is 5.82 Å². The number of aromatic nitrogens is 2. The molecule has 0 unspecified atom stereocenters. The molecule has 1 aromatic heterocycles. The molecule has 0 saturated carbocycles. The van der Waals surface area contributed by atoms with Gasteiger partial charge in [0.1, 0.15) is 12.4 Å². The Labute approximate surface area is 228 Å². The summed E-state index contributed by atoms with van der Waals surface area (Å²) in [7, 11) is 3.18. The van der Waals surface area contributed by atoms with Crippen molar-refractivity contribution in [3.05, 3.63) is 66.0 Å². The van der Waals surface area contributed by atoms with Crippen molar-refractivity contribution in [3.63, 3.8) is 0 Å². The Morgan fingerprint density at radius 1 is 0.974 bits per heavy atom. The number of carbonyl (C=O) groups is 2. The molecule has 2 amide bonds. The van der Waals surface area contributed by atoms with Crippen LogP contribution in [0.1, 0.15) is 30.6 Å². The first-order valence-electron chi connectivity index (χ1n) is 13.0. The lowest BCUT2D eigenvalue weighted by atomic mass is 10.1. The number of hydrogen-bond donors (Lipinski definition) is 0. The minimum absolute atomic E-state index is 0.0514. The van der Waals surface area contributed by atoms with E-state index in [0.29, 0.717) is 49.8 Å². The number of nitrogens with zero attached hydrogens (tertiary/aromatic N) is 5. The van der Waals surface area contributed by atoms with Gasteiger partial charge in [-0.15, -0.1) is 10.2 Å². The number of piperazine rings is 1. The molecular formula is C29H34FN5O4. The summed E-state index contributed by atoms with van der Waals surface area (Å²) in [6.45, 7) is 5.99. The first-order valence-corrected chi connectivity index (χ1v) is 13.0. The van der Waals surface area contributed by atoms with E-state index in [-0.39, 0.29) is 30.0 Å². The summed E-state index contributed by atoms with van der Waals surface area (Å²) in [4.78, 5) is 31.6. The third-order valence-corrected chi connectivity index (χ3v) is 7.05. The van der Waals surface area contributed by atoms with Crippen molar-refractivity contribution in [1.82, 2.24) is 20.0 Å². The van der Waals surface area contributed by atoms with Gasteiger partial charge in [-0.1, -0.05) is 13.0 Å². The number of methoxy groups -OCH3 is 2. The molecule has 10 heteroatoms. The Kier molecular flexibility index (Phi) is 8.96. The molecular weight excluding hydrogens is 501 g/mol. The first-order chi connectivity index (χ1) is 18.8. The molecule has 0 aliphatic carbocycles. The highest BCUT2D eigenvalue weighted by atomic mass is 19.1. The Hall–Kier alpha value is -4.21. The van der Waals surface area contributed by atoms with Gasteiger partial charge in [0.15, 0.2) is 17.3 Å². The summed E-state index contributed by atoms with van der Waals surface area (Å²) in [5.74, 6) is 1.03. The molecule has 39 heavy (non-hydrogen) atoms. The average molecular weight is 536 g/mol. The number of amides is 2. The highest BCUT2D eigenvalue weighted by Gasteiger charge is 2.28. The fourth-order valence-electron chi connectivity index (χ4n) is 4.51. The van der Waals surface area contributed by atoms with Crippen molar-refractivity contribution >= 4 is 17.6 Å². The predicted octanol–water partition coefficient (Wildman–Crippen LogP) is 3.89. The van der Waals surface area contributed by atoms with Crippen molar-refractivity contribution < 1.29 is 23.5 Å². The van der Waals surface area contributed by atoms with Gasteiger partial charge in [-0.2, -0.15) is 0 Å². The Balaban J connectivity index is 1.37. The molecule has 9 nitrogen and oxygen atoms in total. The molecule has 2 aromatic carbocycles. The van der Waals surface area contributed by atoms with Crippen LogP contribution in [0, 0.1) is 5.82 Å². The molecule has 0 N–H and O–H groups in total. The maximum Gasteiger partial charge on any atom is 0.254 e. The molecule has 1 saturated heterocycles. The average Bonchev–Trinajstić information content (AvgIpc) is 2.98. The lowest BCUT2D eigenvalue weighted by Crippen LogP contribution is -2.53. The molecule has 1 fully saturated rings. The van der Waals surface area contributed by atoms with Gasteiger partial charge in [0.25, 0.3) is 5.91 Å². The highest BCUT2D eigenvalue weighted by molar-refractivity contribution is 5.96. The monoisotopic (exact) mass is 535 g/mol. The smallest absolute Gasteiger partial charge is 0.254 e. The van der Waals surface area contributed by atoms with E-state index in [4.69, 9.17) is 9.47 Å². The fraction of sp³-hybridized carbons (Fsp3) is 0.379. The van der Waals surface area contributed by atoms with E-state index in [9.17, 15) is 14.0 Å². The molecule has 0 radical (unpaired) electrons. The number of halogens is 1. The van der Waals surface area contributed by atoms with Crippen LogP contribution >= 0.6 is 0 Å². The predicted molar refractivity (Wildman–Crippen MR) is 147 cm³/mol. The molecule has 4 rings (SSSR count). The van der Waals surface area contributed by atoms with Gasteiger partial charge < -0.3 is 24.2 Å². The van der Waals surface area contributed by atoms with Gasteiger partial charge in [-0.05, 0) is 61.9 Å². The van der Waals surface area contributed by atoms with Gasteiger partial charge in [0.05, 0.1) is 19.9 Å². The second kappa shape index (κ2) is 12.6. The van der Waals surface area contributed by atoms with E-state index in [2.05, 4.69) is 15.1 Å². The minimum Gasteiger partial charge on any atom is -0.493 e. The van der Waals surface area contributed by atoms with Crippen molar-refractivity contribution in [2.75, 3.05) is 51.8 Å². The zero-order chi connectivity index (χ0) is 27.9. The minimum atomic E-state index is -0.479. The molecule has 2 heterocycles.